The lowest BCUT2D eigenvalue weighted by Gasteiger charge is -2.01. The maximum absolute atomic E-state index is 11.7. The Labute approximate surface area is 130 Å². The zero-order chi connectivity index (χ0) is 15.1. The van der Waals surface area contributed by atoms with Crippen molar-refractivity contribution in [2.24, 2.45) is 0 Å². The van der Waals surface area contributed by atoms with Crippen LogP contribution < -0.4 is 0 Å². The van der Waals surface area contributed by atoms with Crippen LogP contribution in [0.5, 0.6) is 0 Å². The number of ether oxygens (including phenoxy) is 2. The van der Waals surface area contributed by atoms with Crippen LogP contribution in [0.25, 0.3) is 16.0 Å². The van der Waals surface area contributed by atoms with Crippen LogP contribution in [0.15, 0.2) is 28.5 Å². The van der Waals surface area contributed by atoms with Crippen LogP contribution >= 0.6 is 22.7 Å². The Bertz CT molecular complexity index is 669. The molecule has 0 saturated carbocycles. The quantitative estimate of drug-likeness (QED) is 0.354. The number of carbonyl (C=O) groups is 1. The third-order valence-corrected chi connectivity index (χ3v) is 4.31. The summed E-state index contributed by atoms with van der Waals surface area (Å²) < 4.78 is 9.69. The van der Waals surface area contributed by atoms with Gasteiger partial charge in [0.2, 0.25) is 0 Å². The number of esters is 1. The van der Waals surface area contributed by atoms with E-state index >= 15 is 0 Å². The lowest BCUT2D eigenvalue weighted by Crippen LogP contribution is -2.11. The first-order valence-corrected chi connectivity index (χ1v) is 7.77. The minimum atomic E-state index is -0.666. The second-order valence-corrected chi connectivity index (χ2v) is 5.66. The first-order valence-electron chi connectivity index (χ1n) is 6.02. The summed E-state index contributed by atoms with van der Waals surface area (Å²) in [6.45, 7) is 0.412. The van der Waals surface area contributed by atoms with Gasteiger partial charge in [-0.05, 0) is 17.5 Å². The molecule has 0 bridgehead atoms. The molecule has 0 unspecified atom stereocenters. The van der Waals surface area contributed by atoms with Gasteiger partial charge in [0.15, 0.2) is 0 Å². The number of carbonyl (C=O) groups excluding carboxylic acids is 1. The van der Waals surface area contributed by atoms with E-state index in [2.05, 4.69) is 4.98 Å². The maximum Gasteiger partial charge on any atom is 0.349 e. The van der Waals surface area contributed by atoms with Gasteiger partial charge in [-0.1, -0.05) is 6.07 Å². The first-order chi connectivity index (χ1) is 10.2. The summed E-state index contributed by atoms with van der Waals surface area (Å²) in [6.07, 6.45) is 1.43. The summed E-state index contributed by atoms with van der Waals surface area (Å²) in [5.41, 5.74) is 0.498. The molecule has 7 heteroatoms. The Morgan fingerprint density at radius 3 is 3.00 bits per heavy atom. The fourth-order valence-corrected chi connectivity index (χ4v) is 3.04. The lowest BCUT2D eigenvalue weighted by atomic mass is 10.2. The van der Waals surface area contributed by atoms with Crippen molar-refractivity contribution in [1.82, 2.24) is 4.98 Å². The predicted molar refractivity (Wildman–Crippen MR) is 81.9 cm³/mol. The molecule has 2 heterocycles. The number of thiazole rings is 1. The Balaban J connectivity index is 2.10. The largest absolute Gasteiger partial charge is 0.459 e. The molecule has 2 aromatic heterocycles. The van der Waals surface area contributed by atoms with Gasteiger partial charge >= 0.3 is 5.97 Å². The van der Waals surface area contributed by atoms with Crippen molar-refractivity contribution in [3.8, 4) is 16.0 Å². The molecular weight excluding hydrogens is 308 g/mol. The van der Waals surface area contributed by atoms with Gasteiger partial charge in [-0.15, -0.1) is 22.7 Å². The van der Waals surface area contributed by atoms with E-state index in [-0.39, 0.29) is 12.2 Å². The summed E-state index contributed by atoms with van der Waals surface area (Å²) in [7, 11) is 1.51. The van der Waals surface area contributed by atoms with E-state index in [1.54, 1.807) is 16.7 Å². The molecule has 0 atom stereocenters. The molecule has 2 aromatic rings. The first kappa shape index (κ1) is 15.4. The maximum atomic E-state index is 11.7. The number of hydrogen-bond donors (Lipinski definition) is 0. The van der Waals surface area contributed by atoms with Crippen molar-refractivity contribution in [3.05, 3.63) is 34.2 Å². The molecule has 5 nitrogen and oxygen atoms in total. The monoisotopic (exact) mass is 320 g/mol. The Hall–Kier alpha value is -2.01. The zero-order valence-corrected chi connectivity index (χ0v) is 12.9. The Morgan fingerprint density at radius 1 is 1.48 bits per heavy atom. The minimum absolute atomic E-state index is 0.0749. The summed E-state index contributed by atoms with van der Waals surface area (Å²) in [4.78, 5) is 17.1. The number of nitrogens with zero attached hydrogens (tertiary/aromatic N) is 2. The highest BCUT2D eigenvalue weighted by Crippen LogP contribution is 2.28. The Kier molecular flexibility index (Phi) is 5.63. The smallest absolute Gasteiger partial charge is 0.349 e. The number of methoxy groups -OCH3 is 1. The molecule has 0 fully saturated rings. The molecule has 0 aliphatic carbocycles. The van der Waals surface area contributed by atoms with Crippen LogP contribution in [-0.2, 0) is 14.3 Å². The normalized spacial score (nSPS) is 11.1. The van der Waals surface area contributed by atoms with Gasteiger partial charge in [-0.2, -0.15) is 5.26 Å². The lowest BCUT2D eigenvalue weighted by molar-refractivity contribution is -0.139. The molecule has 0 aliphatic heterocycles. The summed E-state index contributed by atoms with van der Waals surface area (Å²) >= 11 is 3.06. The van der Waals surface area contributed by atoms with Crippen LogP contribution in [0.2, 0.25) is 0 Å². The molecule has 0 N–H and O–H groups in total. The average molecular weight is 320 g/mol. The molecule has 0 amide bonds. The number of aromatic nitrogens is 1. The van der Waals surface area contributed by atoms with Crippen molar-refractivity contribution in [1.29, 1.82) is 5.26 Å². The Morgan fingerprint density at radius 2 is 2.33 bits per heavy atom. The molecule has 2 rings (SSSR count). The van der Waals surface area contributed by atoms with E-state index in [4.69, 9.17) is 14.7 Å². The standard InChI is InChI=1S/C14H12N2O3S2/c1-18-4-5-19-14(17)10(8-15)7-11-9-21-13(16-11)12-3-2-6-20-12/h2-3,6-7,9H,4-5H2,1H3. The van der Waals surface area contributed by atoms with Crippen molar-refractivity contribution >= 4 is 34.7 Å². The van der Waals surface area contributed by atoms with E-state index in [9.17, 15) is 4.79 Å². The second-order valence-electron chi connectivity index (χ2n) is 3.85. The van der Waals surface area contributed by atoms with E-state index in [0.717, 1.165) is 9.88 Å². The number of rotatable bonds is 6. The van der Waals surface area contributed by atoms with Gasteiger partial charge in [0.1, 0.15) is 23.3 Å². The van der Waals surface area contributed by atoms with E-state index in [1.165, 1.54) is 24.5 Å². The minimum Gasteiger partial charge on any atom is -0.459 e. The number of thiophene rings is 1. The van der Waals surface area contributed by atoms with E-state index in [0.29, 0.717) is 12.3 Å². The van der Waals surface area contributed by atoms with Crippen molar-refractivity contribution in [2.45, 2.75) is 0 Å². The third kappa shape index (κ3) is 4.23. The highest BCUT2D eigenvalue weighted by atomic mass is 32.1. The molecule has 21 heavy (non-hydrogen) atoms. The zero-order valence-electron chi connectivity index (χ0n) is 11.2. The average Bonchev–Trinajstić information content (AvgIpc) is 3.15. The van der Waals surface area contributed by atoms with Crippen molar-refractivity contribution in [2.75, 3.05) is 20.3 Å². The van der Waals surface area contributed by atoms with Crippen LogP contribution in [0.1, 0.15) is 5.69 Å². The number of nitriles is 1. The van der Waals surface area contributed by atoms with Crippen LogP contribution in [0.3, 0.4) is 0 Å². The highest BCUT2D eigenvalue weighted by molar-refractivity contribution is 7.20. The van der Waals surface area contributed by atoms with Gasteiger partial charge in [-0.25, -0.2) is 9.78 Å². The topological polar surface area (TPSA) is 72.2 Å². The van der Waals surface area contributed by atoms with Crippen LogP contribution in [0.4, 0.5) is 0 Å². The SMILES string of the molecule is COCCOC(=O)C(C#N)=Cc1csc(-c2cccs2)n1. The molecule has 0 aliphatic rings. The van der Waals surface area contributed by atoms with Crippen LogP contribution in [0, 0.1) is 11.3 Å². The van der Waals surface area contributed by atoms with Gasteiger partial charge in [0, 0.05) is 12.5 Å². The summed E-state index contributed by atoms with van der Waals surface area (Å²) in [6, 6.07) is 5.76. The third-order valence-electron chi connectivity index (χ3n) is 2.41. The van der Waals surface area contributed by atoms with Gasteiger partial charge in [-0.3, -0.25) is 0 Å². The fourth-order valence-electron chi connectivity index (χ4n) is 1.45. The molecule has 0 aromatic carbocycles. The highest BCUT2D eigenvalue weighted by Gasteiger charge is 2.12. The fraction of sp³-hybridized carbons (Fsp3) is 0.214. The van der Waals surface area contributed by atoms with Gasteiger partial charge in [0.25, 0.3) is 0 Å². The predicted octanol–water partition coefficient (Wildman–Crippen LogP) is 2.97. The molecular formula is C14H12N2O3S2. The summed E-state index contributed by atoms with van der Waals surface area (Å²) in [5.74, 6) is -0.666. The molecule has 0 radical (unpaired) electrons. The van der Waals surface area contributed by atoms with Crippen molar-refractivity contribution < 1.29 is 14.3 Å². The molecule has 0 spiro atoms. The number of hydrogen-bond acceptors (Lipinski definition) is 7. The van der Waals surface area contributed by atoms with Gasteiger partial charge < -0.3 is 9.47 Å². The van der Waals surface area contributed by atoms with Crippen molar-refractivity contribution in [3.63, 3.8) is 0 Å². The molecule has 108 valence electrons. The van der Waals surface area contributed by atoms with E-state index in [1.807, 2.05) is 23.6 Å². The van der Waals surface area contributed by atoms with Gasteiger partial charge in [0.05, 0.1) is 17.2 Å². The van der Waals surface area contributed by atoms with E-state index < -0.39 is 5.97 Å². The summed E-state index contributed by atoms with van der Waals surface area (Å²) in [5, 5.41) is 13.7. The van der Waals surface area contributed by atoms with Crippen LogP contribution in [-0.4, -0.2) is 31.3 Å². The second kappa shape index (κ2) is 7.69. The molecule has 0 saturated heterocycles.